The minimum Gasteiger partial charge on any atom is -0.481 e. The maximum atomic E-state index is 13.0. The summed E-state index contributed by atoms with van der Waals surface area (Å²) in [6, 6.07) is 9.38. The van der Waals surface area contributed by atoms with Crippen LogP contribution in [0.3, 0.4) is 0 Å². The van der Waals surface area contributed by atoms with Gasteiger partial charge in [0.25, 0.3) is 0 Å². The molecule has 3 atom stereocenters. The molecule has 1 saturated carbocycles. The Bertz CT molecular complexity index is 649. The van der Waals surface area contributed by atoms with Gasteiger partial charge in [0, 0.05) is 13.1 Å². The van der Waals surface area contributed by atoms with Gasteiger partial charge in [0.05, 0.1) is 17.8 Å². The summed E-state index contributed by atoms with van der Waals surface area (Å²) in [5, 5.41) is 18.5. The SMILES string of the molecule is CCN(CC(Cc1ccccc1)C(=O)NO)C(=O)[C@H]1CCCC[C@@H]1C(=O)O. The number of rotatable bonds is 8. The van der Waals surface area contributed by atoms with Crippen LogP contribution in [-0.2, 0) is 20.8 Å². The molecule has 1 aliphatic carbocycles. The Balaban J connectivity index is 2.14. The highest BCUT2D eigenvalue weighted by atomic mass is 16.5. The van der Waals surface area contributed by atoms with Crippen molar-refractivity contribution in [2.24, 2.45) is 17.8 Å². The Labute approximate surface area is 159 Å². The zero-order valence-corrected chi connectivity index (χ0v) is 15.6. The number of hydrogen-bond donors (Lipinski definition) is 3. The van der Waals surface area contributed by atoms with E-state index in [1.165, 1.54) is 0 Å². The van der Waals surface area contributed by atoms with E-state index in [1.54, 1.807) is 10.4 Å². The third-order valence-electron chi connectivity index (χ3n) is 5.34. The van der Waals surface area contributed by atoms with Crippen LogP contribution in [0.1, 0.15) is 38.2 Å². The molecule has 0 radical (unpaired) electrons. The van der Waals surface area contributed by atoms with Crippen LogP contribution < -0.4 is 5.48 Å². The summed E-state index contributed by atoms with van der Waals surface area (Å²) in [4.78, 5) is 38.2. The lowest BCUT2D eigenvalue weighted by molar-refractivity contribution is -0.153. The number of carboxylic acid groups (broad SMARTS) is 1. The second kappa shape index (κ2) is 10.1. The second-order valence-electron chi connectivity index (χ2n) is 7.08. The summed E-state index contributed by atoms with van der Waals surface area (Å²) in [6.45, 7) is 2.33. The summed E-state index contributed by atoms with van der Waals surface area (Å²) in [6.07, 6.45) is 3.10. The normalized spacial score (nSPS) is 20.5. The van der Waals surface area contributed by atoms with E-state index in [0.717, 1.165) is 18.4 Å². The molecule has 0 saturated heterocycles. The Hall–Kier alpha value is -2.41. The highest BCUT2D eigenvalue weighted by Crippen LogP contribution is 2.32. The average molecular weight is 376 g/mol. The molecule has 0 aliphatic heterocycles. The van der Waals surface area contributed by atoms with Crippen LogP contribution in [0.2, 0.25) is 0 Å². The minimum atomic E-state index is -0.932. The summed E-state index contributed by atoms with van der Waals surface area (Å²) >= 11 is 0. The zero-order valence-electron chi connectivity index (χ0n) is 15.6. The van der Waals surface area contributed by atoms with Crippen LogP contribution in [0.5, 0.6) is 0 Å². The van der Waals surface area contributed by atoms with E-state index in [0.29, 0.717) is 25.8 Å². The van der Waals surface area contributed by atoms with Crippen LogP contribution in [0.4, 0.5) is 0 Å². The van der Waals surface area contributed by atoms with Gasteiger partial charge < -0.3 is 10.0 Å². The fraction of sp³-hybridized carbons (Fsp3) is 0.550. The number of nitrogens with zero attached hydrogens (tertiary/aromatic N) is 1. The van der Waals surface area contributed by atoms with Crippen LogP contribution in [0.25, 0.3) is 0 Å². The predicted octanol–water partition coefficient (Wildman–Crippen LogP) is 2.09. The summed E-state index contributed by atoms with van der Waals surface area (Å²) in [7, 11) is 0. The molecule has 1 aromatic carbocycles. The molecule has 148 valence electrons. The first-order valence-electron chi connectivity index (χ1n) is 9.47. The largest absolute Gasteiger partial charge is 0.481 e. The average Bonchev–Trinajstić information content (AvgIpc) is 2.70. The maximum absolute atomic E-state index is 13.0. The van der Waals surface area contributed by atoms with Gasteiger partial charge in [-0.05, 0) is 31.7 Å². The Kier molecular flexibility index (Phi) is 7.79. The Morgan fingerprint density at radius 1 is 1.15 bits per heavy atom. The van der Waals surface area contributed by atoms with Gasteiger partial charge in [0.2, 0.25) is 11.8 Å². The first kappa shape index (κ1) is 20.9. The maximum Gasteiger partial charge on any atom is 0.307 e. The number of amides is 2. The van der Waals surface area contributed by atoms with E-state index in [-0.39, 0.29) is 12.5 Å². The standard InChI is InChI=1S/C20H28N2O5/c1-2-22(19(24)16-10-6-7-11-17(16)20(25)26)13-15(18(23)21-27)12-14-8-4-3-5-9-14/h3-5,8-9,15-17,27H,2,6-7,10-13H2,1H3,(H,21,23)(H,25,26)/t15?,16-,17-/m0/s1. The van der Waals surface area contributed by atoms with Gasteiger partial charge in [-0.2, -0.15) is 0 Å². The van der Waals surface area contributed by atoms with E-state index >= 15 is 0 Å². The topological polar surface area (TPSA) is 107 Å². The Morgan fingerprint density at radius 2 is 1.78 bits per heavy atom. The molecule has 1 fully saturated rings. The predicted molar refractivity (Wildman–Crippen MR) is 98.9 cm³/mol. The third-order valence-corrected chi connectivity index (χ3v) is 5.34. The molecule has 27 heavy (non-hydrogen) atoms. The van der Waals surface area contributed by atoms with Gasteiger partial charge in [0.15, 0.2) is 0 Å². The fourth-order valence-corrected chi connectivity index (χ4v) is 3.83. The number of carbonyl (C=O) groups excluding carboxylic acids is 2. The molecule has 2 amide bonds. The van der Waals surface area contributed by atoms with Crippen molar-refractivity contribution in [3.63, 3.8) is 0 Å². The van der Waals surface area contributed by atoms with Gasteiger partial charge in [-0.3, -0.25) is 19.6 Å². The Morgan fingerprint density at radius 3 is 2.33 bits per heavy atom. The van der Waals surface area contributed by atoms with E-state index in [9.17, 15) is 19.5 Å². The van der Waals surface area contributed by atoms with E-state index in [4.69, 9.17) is 5.21 Å². The van der Waals surface area contributed by atoms with Gasteiger partial charge in [-0.25, -0.2) is 5.48 Å². The molecule has 0 heterocycles. The van der Waals surface area contributed by atoms with Crippen molar-refractivity contribution < 1.29 is 24.7 Å². The lowest BCUT2D eigenvalue weighted by atomic mass is 9.78. The van der Waals surface area contributed by atoms with Crippen molar-refractivity contribution in [2.45, 2.75) is 39.0 Å². The van der Waals surface area contributed by atoms with Gasteiger partial charge >= 0.3 is 5.97 Å². The van der Waals surface area contributed by atoms with Crippen molar-refractivity contribution in [1.29, 1.82) is 0 Å². The number of hydrogen-bond acceptors (Lipinski definition) is 4. The molecular weight excluding hydrogens is 348 g/mol. The molecule has 7 nitrogen and oxygen atoms in total. The molecule has 0 spiro atoms. The minimum absolute atomic E-state index is 0.138. The number of benzene rings is 1. The number of carboxylic acids is 1. The first-order valence-corrected chi connectivity index (χ1v) is 9.47. The lowest BCUT2D eigenvalue weighted by Gasteiger charge is -2.33. The van der Waals surface area contributed by atoms with E-state index < -0.39 is 29.6 Å². The van der Waals surface area contributed by atoms with Gasteiger partial charge in [0.1, 0.15) is 0 Å². The van der Waals surface area contributed by atoms with Crippen LogP contribution >= 0.6 is 0 Å². The number of hydroxylamine groups is 1. The molecule has 1 aromatic rings. The van der Waals surface area contributed by atoms with E-state index in [2.05, 4.69) is 0 Å². The van der Waals surface area contributed by atoms with Crippen LogP contribution in [-0.4, -0.2) is 46.1 Å². The van der Waals surface area contributed by atoms with Gasteiger partial charge in [-0.1, -0.05) is 43.2 Å². The van der Waals surface area contributed by atoms with E-state index in [1.807, 2.05) is 37.3 Å². The summed E-state index contributed by atoms with van der Waals surface area (Å²) in [5.41, 5.74) is 2.62. The number of aliphatic carboxylic acids is 1. The van der Waals surface area contributed by atoms with Crippen molar-refractivity contribution in [2.75, 3.05) is 13.1 Å². The molecule has 0 aromatic heterocycles. The third kappa shape index (κ3) is 5.53. The van der Waals surface area contributed by atoms with Crippen LogP contribution in [0, 0.1) is 17.8 Å². The number of carbonyl (C=O) groups is 3. The fourth-order valence-electron chi connectivity index (χ4n) is 3.83. The summed E-state index contributed by atoms with van der Waals surface area (Å²) < 4.78 is 0. The summed E-state index contributed by atoms with van der Waals surface area (Å²) in [5.74, 6) is -3.53. The molecule has 2 rings (SSSR count). The van der Waals surface area contributed by atoms with Crippen molar-refractivity contribution in [3.05, 3.63) is 35.9 Å². The quantitative estimate of drug-likeness (QED) is 0.476. The molecule has 0 bridgehead atoms. The second-order valence-corrected chi connectivity index (χ2v) is 7.08. The highest BCUT2D eigenvalue weighted by molar-refractivity contribution is 5.85. The van der Waals surface area contributed by atoms with Gasteiger partial charge in [-0.15, -0.1) is 0 Å². The highest BCUT2D eigenvalue weighted by Gasteiger charge is 2.38. The molecule has 7 heteroatoms. The van der Waals surface area contributed by atoms with Crippen LogP contribution in [0.15, 0.2) is 30.3 Å². The smallest absolute Gasteiger partial charge is 0.307 e. The van der Waals surface area contributed by atoms with Crippen molar-refractivity contribution >= 4 is 17.8 Å². The lowest BCUT2D eigenvalue weighted by Crippen LogP contribution is -2.46. The van der Waals surface area contributed by atoms with Crippen molar-refractivity contribution in [1.82, 2.24) is 10.4 Å². The zero-order chi connectivity index (χ0) is 19.8. The molecule has 3 N–H and O–H groups in total. The first-order chi connectivity index (χ1) is 13.0. The molecule has 1 aliphatic rings. The molecular formula is C20H28N2O5. The monoisotopic (exact) mass is 376 g/mol. The molecule has 1 unspecified atom stereocenters. The number of nitrogens with one attached hydrogen (secondary N) is 1. The van der Waals surface area contributed by atoms with Crippen molar-refractivity contribution in [3.8, 4) is 0 Å².